The number of furan rings is 1. The van der Waals surface area contributed by atoms with Crippen molar-refractivity contribution in [1.29, 1.82) is 0 Å². The highest BCUT2D eigenvalue weighted by Crippen LogP contribution is 2.28. The van der Waals surface area contributed by atoms with E-state index in [1.807, 2.05) is 30.3 Å². The van der Waals surface area contributed by atoms with Gasteiger partial charge in [-0.1, -0.05) is 28.1 Å². The molecule has 0 aliphatic carbocycles. The minimum atomic E-state index is -0.470. The molecule has 0 saturated carbocycles. The zero-order chi connectivity index (χ0) is 21.7. The Morgan fingerprint density at radius 2 is 1.87 bits per heavy atom. The van der Waals surface area contributed by atoms with Gasteiger partial charge in [0.15, 0.2) is 6.61 Å². The lowest BCUT2D eigenvalue weighted by molar-refractivity contribution is -0.385. The first-order chi connectivity index (χ1) is 14.3. The van der Waals surface area contributed by atoms with Crippen LogP contribution in [0, 0.1) is 24.0 Å². The number of amides is 1. The quantitative estimate of drug-likeness (QED) is 0.303. The van der Waals surface area contributed by atoms with Gasteiger partial charge in [-0.2, -0.15) is 5.10 Å². The van der Waals surface area contributed by atoms with Crippen molar-refractivity contribution >= 4 is 33.7 Å². The van der Waals surface area contributed by atoms with Crippen LogP contribution in [-0.4, -0.2) is 23.7 Å². The van der Waals surface area contributed by atoms with Crippen molar-refractivity contribution in [2.24, 2.45) is 5.10 Å². The van der Waals surface area contributed by atoms with E-state index in [0.717, 1.165) is 10.0 Å². The molecular formula is C21H18BrN3O5. The van der Waals surface area contributed by atoms with Crippen LogP contribution in [0.5, 0.6) is 5.75 Å². The number of carbonyl (C=O) groups is 1. The number of non-ortho nitro benzene ring substituents is 1. The van der Waals surface area contributed by atoms with Gasteiger partial charge in [0.05, 0.1) is 11.1 Å². The number of nitro benzene ring substituents is 1. The Balaban J connectivity index is 1.55. The molecule has 0 aliphatic rings. The second-order valence-corrected chi connectivity index (χ2v) is 7.37. The molecule has 0 spiro atoms. The Bertz CT molecular complexity index is 1080. The van der Waals surface area contributed by atoms with Crippen LogP contribution < -0.4 is 10.2 Å². The largest absolute Gasteiger partial charge is 0.483 e. The predicted octanol–water partition coefficient (Wildman–Crippen LogP) is 4.76. The number of aryl methyl sites for hydroxylation is 2. The van der Waals surface area contributed by atoms with E-state index in [1.54, 1.807) is 19.9 Å². The van der Waals surface area contributed by atoms with Crippen LogP contribution in [0.4, 0.5) is 5.69 Å². The molecule has 9 heteroatoms. The van der Waals surface area contributed by atoms with E-state index in [4.69, 9.17) is 9.15 Å². The molecule has 3 aromatic rings. The van der Waals surface area contributed by atoms with Crippen LogP contribution in [-0.2, 0) is 4.79 Å². The lowest BCUT2D eigenvalue weighted by Gasteiger charge is -2.11. The van der Waals surface area contributed by atoms with E-state index < -0.39 is 10.8 Å². The zero-order valence-corrected chi connectivity index (χ0v) is 17.8. The third-order valence-corrected chi connectivity index (χ3v) is 4.67. The van der Waals surface area contributed by atoms with Gasteiger partial charge in [0, 0.05) is 22.2 Å². The van der Waals surface area contributed by atoms with Crippen LogP contribution in [0.3, 0.4) is 0 Å². The first-order valence-corrected chi connectivity index (χ1v) is 9.69. The van der Waals surface area contributed by atoms with E-state index in [2.05, 4.69) is 26.5 Å². The molecule has 2 aromatic carbocycles. The number of nitrogens with one attached hydrogen (secondary N) is 1. The van der Waals surface area contributed by atoms with Crippen molar-refractivity contribution in [3.63, 3.8) is 0 Å². The van der Waals surface area contributed by atoms with Crippen molar-refractivity contribution in [3.05, 3.63) is 80.0 Å². The first-order valence-electron chi connectivity index (χ1n) is 8.89. The second kappa shape index (κ2) is 9.36. The summed E-state index contributed by atoms with van der Waals surface area (Å²) in [6.45, 7) is 3.09. The minimum Gasteiger partial charge on any atom is -0.483 e. The molecule has 1 heterocycles. The first kappa shape index (κ1) is 21.3. The number of rotatable bonds is 7. The Morgan fingerprint density at radius 3 is 2.50 bits per heavy atom. The lowest BCUT2D eigenvalue weighted by atomic mass is 10.1. The average molecular weight is 472 g/mol. The maximum Gasteiger partial charge on any atom is 0.277 e. The van der Waals surface area contributed by atoms with Crippen LogP contribution in [0.1, 0.15) is 16.9 Å². The summed E-state index contributed by atoms with van der Waals surface area (Å²) in [6, 6.07) is 14.0. The summed E-state index contributed by atoms with van der Waals surface area (Å²) in [5.74, 6) is 1.13. The number of carbonyl (C=O) groups excluding carboxylic acids is 1. The van der Waals surface area contributed by atoms with E-state index in [0.29, 0.717) is 28.4 Å². The SMILES string of the molecule is Cc1cc([N+](=O)[O-])cc(C)c1OCC(=O)NN=Cc1ccc(-c2ccc(Br)cc2)o1. The normalized spacial score (nSPS) is 10.9. The average Bonchev–Trinajstić information content (AvgIpc) is 3.16. The van der Waals surface area contributed by atoms with Crippen molar-refractivity contribution in [3.8, 4) is 17.1 Å². The molecule has 1 N–H and O–H groups in total. The second-order valence-electron chi connectivity index (χ2n) is 6.46. The third kappa shape index (κ3) is 5.32. The maximum absolute atomic E-state index is 12.0. The van der Waals surface area contributed by atoms with Crippen molar-refractivity contribution in [1.82, 2.24) is 5.43 Å². The molecule has 1 amide bonds. The Kier molecular flexibility index (Phi) is 6.63. The van der Waals surface area contributed by atoms with Gasteiger partial charge in [0.2, 0.25) is 0 Å². The molecule has 0 bridgehead atoms. The highest BCUT2D eigenvalue weighted by Gasteiger charge is 2.14. The van der Waals surface area contributed by atoms with E-state index in [1.165, 1.54) is 18.3 Å². The molecule has 0 fully saturated rings. The molecule has 0 aliphatic heterocycles. The van der Waals surface area contributed by atoms with Crippen LogP contribution in [0.15, 0.2) is 62.5 Å². The van der Waals surface area contributed by atoms with Crippen molar-refractivity contribution < 1.29 is 18.9 Å². The standard InChI is InChI=1S/C21H18BrN3O5/c1-13-9-17(25(27)28)10-14(2)21(13)29-12-20(26)24-23-11-18-7-8-19(30-18)15-3-5-16(22)6-4-15/h3-11H,12H2,1-2H3,(H,24,26). The zero-order valence-electron chi connectivity index (χ0n) is 16.2. The number of hydrogen-bond acceptors (Lipinski definition) is 6. The summed E-state index contributed by atoms with van der Waals surface area (Å²) in [4.78, 5) is 22.4. The van der Waals surface area contributed by atoms with E-state index in [-0.39, 0.29) is 12.3 Å². The number of ether oxygens (including phenoxy) is 1. The molecule has 154 valence electrons. The smallest absolute Gasteiger partial charge is 0.277 e. The third-order valence-electron chi connectivity index (χ3n) is 4.14. The lowest BCUT2D eigenvalue weighted by Crippen LogP contribution is -2.25. The fourth-order valence-electron chi connectivity index (χ4n) is 2.79. The van der Waals surface area contributed by atoms with E-state index >= 15 is 0 Å². The van der Waals surface area contributed by atoms with Crippen LogP contribution in [0.2, 0.25) is 0 Å². The highest BCUT2D eigenvalue weighted by molar-refractivity contribution is 9.10. The van der Waals surface area contributed by atoms with Crippen LogP contribution in [0.25, 0.3) is 11.3 Å². The van der Waals surface area contributed by atoms with Gasteiger partial charge in [0.1, 0.15) is 17.3 Å². The van der Waals surface area contributed by atoms with Crippen LogP contribution >= 0.6 is 15.9 Å². The molecular weight excluding hydrogens is 454 g/mol. The topological polar surface area (TPSA) is 107 Å². The van der Waals surface area contributed by atoms with Gasteiger partial charge < -0.3 is 9.15 Å². The fraction of sp³-hybridized carbons (Fsp3) is 0.143. The summed E-state index contributed by atoms with van der Waals surface area (Å²) in [6.07, 6.45) is 1.39. The summed E-state index contributed by atoms with van der Waals surface area (Å²) in [7, 11) is 0. The van der Waals surface area contributed by atoms with Gasteiger partial charge >= 0.3 is 0 Å². The monoisotopic (exact) mass is 471 g/mol. The van der Waals surface area contributed by atoms with Crippen molar-refractivity contribution in [2.75, 3.05) is 6.61 Å². The summed E-state index contributed by atoms with van der Waals surface area (Å²) < 4.78 is 12.2. The minimum absolute atomic E-state index is 0.0210. The molecule has 3 rings (SSSR count). The molecule has 30 heavy (non-hydrogen) atoms. The van der Waals surface area contributed by atoms with Gasteiger partial charge in [-0.3, -0.25) is 14.9 Å². The van der Waals surface area contributed by atoms with Gasteiger partial charge in [-0.05, 0) is 49.2 Å². The Labute approximate surface area is 180 Å². The number of halogens is 1. The van der Waals surface area contributed by atoms with Gasteiger partial charge in [-0.15, -0.1) is 0 Å². The summed E-state index contributed by atoms with van der Waals surface area (Å²) in [5.41, 5.74) is 4.41. The Morgan fingerprint density at radius 1 is 1.20 bits per heavy atom. The number of benzene rings is 2. The Hall–Kier alpha value is -3.46. The molecule has 0 saturated heterocycles. The number of hydrogen-bond donors (Lipinski definition) is 1. The molecule has 1 aromatic heterocycles. The summed E-state index contributed by atoms with van der Waals surface area (Å²) in [5, 5.41) is 14.8. The molecule has 8 nitrogen and oxygen atoms in total. The van der Waals surface area contributed by atoms with Gasteiger partial charge in [-0.25, -0.2) is 5.43 Å². The molecule has 0 radical (unpaired) electrons. The number of hydrazone groups is 1. The molecule has 0 atom stereocenters. The summed E-state index contributed by atoms with van der Waals surface area (Å²) >= 11 is 3.39. The van der Waals surface area contributed by atoms with E-state index in [9.17, 15) is 14.9 Å². The highest BCUT2D eigenvalue weighted by atomic mass is 79.9. The van der Waals surface area contributed by atoms with Crippen molar-refractivity contribution in [2.45, 2.75) is 13.8 Å². The number of nitrogens with zero attached hydrogens (tertiary/aromatic N) is 2. The molecule has 0 unspecified atom stereocenters. The fourth-order valence-corrected chi connectivity index (χ4v) is 3.05. The number of nitro groups is 1. The predicted molar refractivity (Wildman–Crippen MR) is 116 cm³/mol. The van der Waals surface area contributed by atoms with Gasteiger partial charge in [0.25, 0.3) is 11.6 Å². The maximum atomic E-state index is 12.0.